The van der Waals surface area contributed by atoms with Gasteiger partial charge in [-0.05, 0) is 36.6 Å². The summed E-state index contributed by atoms with van der Waals surface area (Å²) in [7, 11) is 3.06. The van der Waals surface area contributed by atoms with E-state index in [0.717, 1.165) is 24.5 Å². The number of rotatable bonds is 3. The SMILES string of the molecule is COc1cc2ncnc(N3CCCc4ccc(C(F)(F)F)cc43)c2cc1OC. The van der Waals surface area contributed by atoms with Crippen molar-refractivity contribution in [3.63, 3.8) is 0 Å². The van der Waals surface area contributed by atoms with E-state index in [0.29, 0.717) is 40.5 Å². The molecule has 0 spiro atoms. The van der Waals surface area contributed by atoms with Crippen molar-refractivity contribution in [1.29, 1.82) is 0 Å². The van der Waals surface area contributed by atoms with E-state index in [1.807, 2.05) is 4.90 Å². The number of aromatic nitrogens is 2. The Kier molecular flexibility index (Phi) is 4.49. The Morgan fingerprint density at radius 1 is 1.00 bits per heavy atom. The van der Waals surface area contributed by atoms with Gasteiger partial charge in [-0.25, -0.2) is 9.97 Å². The van der Waals surface area contributed by atoms with Crippen LogP contribution in [0.3, 0.4) is 0 Å². The highest BCUT2D eigenvalue weighted by atomic mass is 19.4. The molecule has 2 aromatic carbocycles. The second-order valence-electron chi connectivity index (χ2n) is 6.52. The zero-order valence-corrected chi connectivity index (χ0v) is 15.4. The van der Waals surface area contributed by atoms with E-state index in [4.69, 9.17) is 9.47 Å². The fraction of sp³-hybridized carbons (Fsp3) is 0.300. The summed E-state index contributed by atoms with van der Waals surface area (Å²) in [5.74, 6) is 1.58. The van der Waals surface area contributed by atoms with Gasteiger partial charge in [0.25, 0.3) is 0 Å². The predicted molar refractivity (Wildman–Crippen MR) is 99.4 cm³/mol. The third-order valence-corrected chi connectivity index (χ3v) is 4.91. The van der Waals surface area contributed by atoms with Crippen molar-refractivity contribution < 1.29 is 22.6 Å². The van der Waals surface area contributed by atoms with Crippen LogP contribution in [-0.2, 0) is 12.6 Å². The molecule has 4 rings (SSSR count). The molecule has 0 saturated carbocycles. The fourth-order valence-electron chi connectivity index (χ4n) is 3.56. The highest BCUT2D eigenvalue weighted by Gasteiger charge is 2.32. The molecule has 0 aliphatic carbocycles. The average molecular weight is 389 g/mol. The maximum Gasteiger partial charge on any atom is 0.416 e. The Hall–Kier alpha value is -3.03. The van der Waals surface area contributed by atoms with Crippen molar-refractivity contribution in [3.05, 3.63) is 47.8 Å². The molecule has 0 fully saturated rings. The maximum atomic E-state index is 13.2. The van der Waals surface area contributed by atoms with E-state index in [1.54, 1.807) is 18.2 Å². The summed E-state index contributed by atoms with van der Waals surface area (Å²) in [5.41, 5.74) is 1.35. The van der Waals surface area contributed by atoms with Crippen LogP contribution in [0, 0.1) is 0 Å². The minimum atomic E-state index is -4.40. The Morgan fingerprint density at radius 2 is 1.75 bits per heavy atom. The number of nitrogens with zero attached hydrogens (tertiary/aromatic N) is 3. The standard InChI is InChI=1S/C20H18F3N3O2/c1-27-17-9-14-15(10-18(17)28-2)24-11-25-19(14)26-7-3-4-12-5-6-13(8-16(12)26)20(21,22)23/h5-6,8-11H,3-4,7H2,1-2H3. The number of aryl methyl sites for hydroxylation is 1. The van der Waals surface area contributed by atoms with Gasteiger partial charge >= 0.3 is 6.18 Å². The topological polar surface area (TPSA) is 47.5 Å². The Balaban J connectivity index is 1.90. The highest BCUT2D eigenvalue weighted by Crippen LogP contribution is 2.41. The van der Waals surface area contributed by atoms with Gasteiger partial charge < -0.3 is 14.4 Å². The normalized spacial score (nSPS) is 14.1. The zero-order valence-electron chi connectivity index (χ0n) is 15.4. The van der Waals surface area contributed by atoms with Gasteiger partial charge in [0.05, 0.1) is 25.3 Å². The second-order valence-corrected chi connectivity index (χ2v) is 6.52. The molecule has 1 aliphatic rings. The molecule has 2 heterocycles. The third kappa shape index (κ3) is 3.08. The van der Waals surface area contributed by atoms with Crippen LogP contribution in [0.4, 0.5) is 24.7 Å². The van der Waals surface area contributed by atoms with Crippen molar-refractivity contribution in [2.24, 2.45) is 0 Å². The first-order valence-corrected chi connectivity index (χ1v) is 8.77. The number of halogens is 3. The lowest BCUT2D eigenvalue weighted by atomic mass is 9.99. The number of methoxy groups -OCH3 is 2. The maximum absolute atomic E-state index is 13.2. The van der Waals surface area contributed by atoms with E-state index >= 15 is 0 Å². The molecule has 0 amide bonds. The van der Waals surface area contributed by atoms with Gasteiger partial charge in [-0.1, -0.05) is 6.07 Å². The number of hydrogen-bond donors (Lipinski definition) is 0. The summed E-state index contributed by atoms with van der Waals surface area (Å²) in [6, 6.07) is 7.37. The summed E-state index contributed by atoms with van der Waals surface area (Å²) in [6.45, 7) is 0.564. The highest BCUT2D eigenvalue weighted by molar-refractivity contribution is 5.94. The lowest BCUT2D eigenvalue weighted by Gasteiger charge is -2.31. The van der Waals surface area contributed by atoms with Gasteiger partial charge in [0, 0.05) is 23.7 Å². The quantitative estimate of drug-likeness (QED) is 0.647. The molecule has 0 atom stereocenters. The minimum Gasteiger partial charge on any atom is -0.493 e. The Morgan fingerprint density at radius 3 is 2.46 bits per heavy atom. The van der Waals surface area contributed by atoms with Gasteiger partial charge in [0.1, 0.15) is 12.1 Å². The second kappa shape index (κ2) is 6.85. The first-order chi connectivity index (χ1) is 13.4. The van der Waals surface area contributed by atoms with Crippen LogP contribution in [0.5, 0.6) is 11.5 Å². The van der Waals surface area contributed by atoms with Gasteiger partial charge in [0.2, 0.25) is 0 Å². The van der Waals surface area contributed by atoms with Crippen LogP contribution < -0.4 is 14.4 Å². The average Bonchev–Trinajstić information content (AvgIpc) is 2.70. The van der Waals surface area contributed by atoms with Crippen molar-refractivity contribution in [2.75, 3.05) is 25.7 Å². The molecule has 0 N–H and O–H groups in total. The molecular formula is C20H18F3N3O2. The Bertz CT molecular complexity index is 1040. The van der Waals surface area contributed by atoms with Gasteiger partial charge in [-0.2, -0.15) is 13.2 Å². The molecule has 0 saturated heterocycles. The number of alkyl halides is 3. The number of benzene rings is 2. The summed E-state index contributed by atoms with van der Waals surface area (Å²) in [4.78, 5) is 10.5. The van der Waals surface area contributed by atoms with Crippen LogP contribution in [0.1, 0.15) is 17.5 Å². The first kappa shape index (κ1) is 18.3. The lowest BCUT2D eigenvalue weighted by Crippen LogP contribution is -2.26. The minimum absolute atomic E-state index is 0.507. The first-order valence-electron chi connectivity index (χ1n) is 8.77. The number of ether oxygens (including phenoxy) is 2. The fourth-order valence-corrected chi connectivity index (χ4v) is 3.56. The number of anilines is 2. The van der Waals surface area contributed by atoms with E-state index in [9.17, 15) is 13.2 Å². The van der Waals surface area contributed by atoms with E-state index in [1.165, 1.54) is 26.6 Å². The molecule has 8 heteroatoms. The van der Waals surface area contributed by atoms with Crippen molar-refractivity contribution in [2.45, 2.75) is 19.0 Å². The third-order valence-electron chi connectivity index (χ3n) is 4.91. The number of hydrogen-bond acceptors (Lipinski definition) is 5. The number of fused-ring (bicyclic) bond motifs is 2. The van der Waals surface area contributed by atoms with Crippen molar-refractivity contribution in [1.82, 2.24) is 9.97 Å². The monoisotopic (exact) mass is 389 g/mol. The van der Waals surface area contributed by atoms with E-state index in [2.05, 4.69) is 9.97 Å². The van der Waals surface area contributed by atoms with Crippen LogP contribution in [0.15, 0.2) is 36.7 Å². The summed E-state index contributed by atoms with van der Waals surface area (Å²) < 4.78 is 50.4. The lowest BCUT2D eigenvalue weighted by molar-refractivity contribution is -0.137. The van der Waals surface area contributed by atoms with Gasteiger partial charge in [-0.3, -0.25) is 0 Å². The summed E-state index contributed by atoms with van der Waals surface area (Å²) in [6.07, 6.45) is -1.45. The van der Waals surface area contributed by atoms with Crippen LogP contribution >= 0.6 is 0 Å². The molecule has 0 unspecified atom stereocenters. The summed E-state index contributed by atoms with van der Waals surface area (Å²) in [5, 5.41) is 0.686. The molecule has 1 aromatic heterocycles. The molecule has 146 valence electrons. The molecule has 0 bridgehead atoms. The molecule has 1 aliphatic heterocycles. The molecular weight excluding hydrogens is 371 g/mol. The predicted octanol–water partition coefficient (Wildman–Crippen LogP) is 4.75. The van der Waals surface area contributed by atoms with Crippen LogP contribution in [0.2, 0.25) is 0 Å². The molecule has 3 aromatic rings. The van der Waals surface area contributed by atoms with E-state index in [-0.39, 0.29) is 0 Å². The molecule has 0 radical (unpaired) electrons. The Labute approximate surface area is 159 Å². The van der Waals surface area contributed by atoms with Crippen molar-refractivity contribution in [3.8, 4) is 11.5 Å². The van der Waals surface area contributed by atoms with Gasteiger partial charge in [0.15, 0.2) is 11.5 Å². The van der Waals surface area contributed by atoms with Crippen molar-refractivity contribution >= 4 is 22.4 Å². The largest absolute Gasteiger partial charge is 0.493 e. The smallest absolute Gasteiger partial charge is 0.416 e. The molecule has 28 heavy (non-hydrogen) atoms. The molecule has 5 nitrogen and oxygen atoms in total. The van der Waals surface area contributed by atoms with Crippen LogP contribution in [-0.4, -0.2) is 30.7 Å². The zero-order chi connectivity index (χ0) is 19.9. The van der Waals surface area contributed by atoms with Crippen LogP contribution in [0.25, 0.3) is 10.9 Å². The van der Waals surface area contributed by atoms with Gasteiger partial charge in [-0.15, -0.1) is 0 Å². The summed E-state index contributed by atoms with van der Waals surface area (Å²) >= 11 is 0. The van der Waals surface area contributed by atoms with E-state index < -0.39 is 11.7 Å².